The van der Waals surface area contributed by atoms with Crippen LogP contribution in [0.3, 0.4) is 0 Å². The van der Waals surface area contributed by atoms with E-state index < -0.39 is 16.1 Å². The molecular weight excluding hydrogens is 408 g/mol. The van der Waals surface area contributed by atoms with E-state index in [0.29, 0.717) is 17.1 Å². The molecule has 0 saturated heterocycles. The SMILES string of the molecule is CC[C@@H](C(=O)N[C@@H](C)c1ccc2c(c1)CCC2)N(c1cccc(Cl)c1)S(C)(=O)=O. The summed E-state index contributed by atoms with van der Waals surface area (Å²) in [5, 5.41) is 3.41. The van der Waals surface area contributed by atoms with Crippen molar-refractivity contribution in [3.8, 4) is 0 Å². The summed E-state index contributed by atoms with van der Waals surface area (Å²) < 4.78 is 26.2. The van der Waals surface area contributed by atoms with E-state index in [1.54, 1.807) is 31.2 Å². The summed E-state index contributed by atoms with van der Waals surface area (Å²) in [6, 6.07) is 11.8. The molecule has 3 rings (SSSR count). The molecule has 0 radical (unpaired) electrons. The summed E-state index contributed by atoms with van der Waals surface area (Å²) in [5.41, 5.74) is 4.13. The van der Waals surface area contributed by atoms with Crippen LogP contribution < -0.4 is 9.62 Å². The molecule has 2 atom stereocenters. The van der Waals surface area contributed by atoms with Gasteiger partial charge in [0.05, 0.1) is 18.0 Å². The molecule has 2 aromatic rings. The Morgan fingerprint density at radius 3 is 2.55 bits per heavy atom. The lowest BCUT2D eigenvalue weighted by atomic mass is 10.0. The Morgan fingerprint density at radius 1 is 1.17 bits per heavy atom. The van der Waals surface area contributed by atoms with Gasteiger partial charge in [0, 0.05) is 5.02 Å². The molecule has 1 aliphatic rings. The van der Waals surface area contributed by atoms with Gasteiger partial charge in [0.15, 0.2) is 0 Å². The Labute approximate surface area is 178 Å². The second-order valence-electron chi connectivity index (χ2n) is 7.57. The molecule has 5 nitrogen and oxygen atoms in total. The summed E-state index contributed by atoms with van der Waals surface area (Å²) in [4.78, 5) is 13.1. The van der Waals surface area contributed by atoms with Crippen LogP contribution in [0.25, 0.3) is 0 Å². The lowest BCUT2D eigenvalue weighted by Crippen LogP contribution is -2.49. The Balaban J connectivity index is 1.84. The molecule has 1 amide bonds. The molecule has 0 aromatic heterocycles. The summed E-state index contributed by atoms with van der Waals surface area (Å²) in [5.74, 6) is -0.328. The van der Waals surface area contributed by atoms with Crippen LogP contribution in [0.4, 0.5) is 5.69 Å². The van der Waals surface area contributed by atoms with Gasteiger partial charge in [0.2, 0.25) is 15.9 Å². The average molecular weight is 435 g/mol. The molecule has 2 aromatic carbocycles. The lowest BCUT2D eigenvalue weighted by molar-refractivity contribution is -0.122. The molecular formula is C22H27ClN2O3S. The summed E-state index contributed by atoms with van der Waals surface area (Å²) in [7, 11) is -3.69. The van der Waals surface area contributed by atoms with Crippen LogP contribution in [-0.4, -0.2) is 26.6 Å². The maximum Gasteiger partial charge on any atom is 0.244 e. The first-order valence-corrected chi connectivity index (χ1v) is 12.1. The van der Waals surface area contributed by atoms with Crippen LogP contribution in [0.15, 0.2) is 42.5 Å². The first-order chi connectivity index (χ1) is 13.7. The van der Waals surface area contributed by atoms with Crippen molar-refractivity contribution in [3.63, 3.8) is 0 Å². The number of aryl methyl sites for hydroxylation is 2. The van der Waals surface area contributed by atoms with Crippen LogP contribution in [0, 0.1) is 0 Å². The van der Waals surface area contributed by atoms with E-state index >= 15 is 0 Å². The van der Waals surface area contributed by atoms with E-state index in [0.717, 1.165) is 29.0 Å². The molecule has 7 heteroatoms. The Morgan fingerprint density at radius 2 is 1.90 bits per heavy atom. The van der Waals surface area contributed by atoms with Gasteiger partial charge in [-0.25, -0.2) is 8.42 Å². The molecule has 29 heavy (non-hydrogen) atoms. The zero-order valence-corrected chi connectivity index (χ0v) is 18.6. The number of rotatable bonds is 7. The minimum absolute atomic E-state index is 0.219. The number of anilines is 1. The highest BCUT2D eigenvalue weighted by molar-refractivity contribution is 7.92. The number of amides is 1. The molecule has 0 bridgehead atoms. The molecule has 0 unspecified atom stereocenters. The molecule has 0 fully saturated rings. The van der Waals surface area contributed by atoms with Gasteiger partial charge in [0.25, 0.3) is 0 Å². The van der Waals surface area contributed by atoms with Crippen LogP contribution in [0.1, 0.15) is 49.4 Å². The number of carbonyl (C=O) groups excluding carboxylic acids is 1. The first-order valence-electron chi connectivity index (χ1n) is 9.87. The third-order valence-corrected chi connectivity index (χ3v) is 6.79. The van der Waals surface area contributed by atoms with E-state index in [2.05, 4.69) is 17.4 Å². The number of benzene rings is 2. The number of hydrogen-bond donors (Lipinski definition) is 1. The highest BCUT2D eigenvalue weighted by atomic mass is 35.5. The number of halogens is 1. The maximum atomic E-state index is 13.1. The predicted octanol–water partition coefficient (Wildman–Crippen LogP) is 4.25. The molecule has 1 aliphatic carbocycles. The first kappa shape index (κ1) is 21.7. The van der Waals surface area contributed by atoms with Gasteiger partial charge >= 0.3 is 0 Å². The fourth-order valence-electron chi connectivity index (χ4n) is 3.93. The number of fused-ring (bicyclic) bond motifs is 1. The van der Waals surface area contributed by atoms with Gasteiger partial charge < -0.3 is 5.32 Å². The van der Waals surface area contributed by atoms with E-state index in [-0.39, 0.29) is 11.9 Å². The summed E-state index contributed by atoms with van der Waals surface area (Å²) >= 11 is 6.06. The molecule has 0 spiro atoms. The van der Waals surface area contributed by atoms with Crippen molar-refractivity contribution in [2.75, 3.05) is 10.6 Å². The number of sulfonamides is 1. The number of nitrogens with zero attached hydrogens (tertiary/aromatic N) is 1. The second kappa shape index (κ2) is 8.76. The molecule has 1 N–H and O–H groups in total. The van der Waals surface area contributed by atoms with Crippen LogP contribution in [0.2, 0.25) is 5.02 Å². The van der Waals surface area contributed by atoms with Crippen molar-refractivity contribution in [1.82, 2.24) is 5.32 Å². The Bertz CT molecular complexity index is 1010. The van der Waals surface area contributed by atoms with E-state index in [9.17, 15) is 13.2 Å². The highest BCUT2D eigenvalue weighted by Gasteiger charge is 2.32. The topological polar surface area (TPSA) is 66.5 Å². The summed E-state index contributed by atoms with van der Waals surface area (Å²) in [6.45, 7) is 3.72. The van der Waals surface area contributed by atoms with Gasteiger partial charge in [-0.1, -0.05) is 42.8 Å². The normalized spacial score (nSPS) is 15.4. The Kier molecular flexibility index (Phi) is 6.54. The monoisotopic (exact) mass is 434 g/mol. The number of nitrogens with one attached hydrogen (secondary N) is 1. The summed E-state index contributed by atoms with van der Waals surface area (Å²) in [6.07, 6.45) is 4.78. The van der Waals surface area contributed by atoms with Crippen molar-refractivity contribution in [3.05, 3.63) is 64.2 Å². The van der Waals surface area contributed by atoms with Gasteiger partial charge in [-0.05, 0) is 67.5 Å². The van der Waals surface area contributed by atoms with Crippen LogP contribution in [0.5, 0.6) is 0 Å². The third-order valence-electron chi connectivity index (χ3n) is 5.37. The van der Waals surface area contributed by atoms with Gasteiger partial charge in [-0.3, -0.25) is 9.10 Å². The molecule has 0 heterocycles. The number of hydrogen-bond acceptors (Lipinski definition) is 3. The quantitative estimate of drug-likeness (QED) is 0.708. The fraction of sp³-hybridized carbons (Fsp3) is 0.409. The lowest BCUT2D eigenvalue weighted by Gasteiger charge is -2.31. The fourth-order valence-corrected chi connectivity index (χ4v) is 5.32. The number of carbonyl (C=O) groups is 1. The van der Waals surface area contributed by atoms with Crippen molar-refractivity contribution in [2.24, 2.45) is 0 Å². The van der Waals surface area contributed by atoms with Gasteiger partial charge in [-0.15, -0.1) is 0 Å². The Hall–Kier alpha value is -2.05. The van der Waals surface area contributed by atoms with Crippen molar-refractivity contribution in [1.29, 1.82) is 0 Å². The highest BCUT2D eigenvalue weighted by Crippen LogP contribution is 2.27. The van der Waals surface area contributed by atoms with Gasteiger partial charge in [-0.2, -0.15) is 0 Å². The standard InChI is InChI=1S/C22H27ClN2O3S/c1-4-21(25(29(3,27)28)20-10-6-9-19(23)14-20)22(26)24-15(2)17-12-11-16-7-5-8-18(16)13-17/h6,9-15,21H,4-5,7-8H2,1-3H3,(H,24,26)/t15-,21-/m0/s1. The van der Waals surface area contributed by atoms with Gasteiger partial charge in [0.1, 0.15) is 6.04 Å². The predicted molar refractivity (Wildman–Crippen MR) is 118 cm³/mol. The average Bonchev–Trinajstić information content (AvgIpc) is 3.12. The van der Waals surface area contributed by atoms with Crippen molar-refractivity contribution >= 4 is 33.2 Å². The van der Waals surface area contributed by atoms with Crippen LogP contribution >= 0.6 is 11.6 Å². The van der Waals surface area contributed by atoms with Crippen molar-refractivity contribution < 1.29 is 13.2 Å². The van der Waals surface area contributed by atoms with E-state index in [1.165, 1.54) is 17.5 Å². The van der Waals surface area contributed by atoms with Crippen molar-refractivity contribution in [2.45, 2.75) is 51.6 Å². The molecule has 156 valence electrons. The molecule has 0 saturated carbocycles. The minimum Gasteiger partial charge on any atom is -0.348 e. The van der Waals surface area contributed by atoms with Crippen LogP contribution in [-0.2, 0) is 27.7 Å². The van der Waals surface area contributed by atoms with E-state index in [1.807, 2.05) is 13.0 Å². The smallest absolute Gasteiger partial charge is 0.244 e. The maximum absolute atomic E-state index is 13.1. The van der Waals surface area contributed by atoms with E-state index in [4.69, 9.17) is 11.6 Å². The third kappa shape index (κ3) is 4.93. The minimum atomic E-state index is -3.69. The zero-order chi connectivity index (χ0) is 21.2. The largest absolute Gasteiger partial charge is 0.348 e. The second-order valence-corrected chi connectivity index (χ2v) is 9.87. The zero-order valence-electron chi connectivity index (χ0n) is 17.0. The molecule has 0 aliphatic heterocycles.